The molecule has 5 nitrogen and oxygen atoms in total. The zero-order valence-electron chi connectivity index (χ0n) is 13.9. The Hall–Kier alpha value is -1.36. The summed E-state index contributed by atoms with van der Waals surface area (Å²) >= 11 is 0. The second kappa shape index (κ2) is 8.17. The molecule has 21 heavy (non-hydrogen) atoms. The number of amides is 1. The number of aromatic nitrogens is 2. The van der Waals surface area contributed by atoms with Gasteiger partial charge in [-0.05, 0) is 32.1 Å². The third kappa shape index (κ3) is 4.56. The third-order valence-corrected chi connectivity index (χ3v) is 4.07. The predicted octanol–water partition coefficient (Wildman–Crippen LogP) is 2.69. The van der Waals surface area contributed by atoms with Crippen molar-refractivity contribution in [1.82, 2.24) is 15.1 Å². The van der Waals surface area contributed by atoms with Crippen LogP contribution in [0.2, 0.25) is 0 Å². The Bertz CT molecular complexity index is 450. The number of aliphatic hydroxyl groups is 1. The van der Waals surface area contributed by atoms with Gasteiger partial charge in [0.1, 0.15) is 0 Å². The molecule has 1 rings (SSSR count). The first kappa shape index (κ1) is 17.7. The zero-order valence-corrected chi connectivity index (χ0v) is 13.9. The Kier molecular flexibility index (Phi) is 6.89. The molecule has 0 aromatic carbocycles. The highest BCUT2D eigenvalue weighted by Crippen LogP contribution is 2.19. The van der Waals surface area contributed by atoms with Crippen LogP contribution in [0.5, 0.6) is 0 Å². The fourth-order valence-corrected chi connectivity index (χ4v) is 2.41. The summed E-state index contributed by atoms with van der Waals surface area (Å²) < 4.78 is 1.94. The average molecular weight is 295 g/mol. The molecular formula is C16H29N3O2. The molecule has 1 aromatic rings. The minimum Gasteiger partial charge on any atom is -0.393 e. The smallest absolute Gasteiger partial charge is 0.254 e. The standard InChI is InChI=1S/C16H29N3O2/c1-6-13(7-2)19-12(5)14(10-18-19)16(21)17-9-8-15(20)11(3)4/h10-11,13,15,20H,6-9H2,1-5H3,(H,17,21). The summed E-state index contributed by atoms with van der Waals surface area (Å²) in [7, 11) is 0. The molecule has 2 N–H and O–H groups in total. The van der Waals surface area contributed by atoms with Gasteiger partial charge in [-0.1, -0.05) is 27.7 Å². The fourth-order valence-electron chi connectivity index (χ4n) is 2.41. The molecule has 1 unspecified atom stereocenters. The molecule has 1 amide bonds. The summed E-state index contributed by atoms with van der Waals surface area (Å²) in [5.41, 5.74) is 1.53. The highest BCUT2D eigenvalue weighted by molar-refractivity contribution is 5.95. The summed E-state index contributed by atoms with van der Waals surface area (Å²) in [5, 5.41) is 17.0. The largest absolute Gasteiger partial charge is 0.393 e. The molecule has 0 bridgehead atoms. The highest BCUT2D eigenvalue weighted by Gasteiger charge is 2.18. The van der Waals surface area contributed by atoms with Crippen molar-refractivity contribution in [3.8, 4) is 0 Å². The number of hydrogen-bond acceptors (Lipinski definition) is 3. The lowest BCUT2D eigenvalue weighted by Gasteiger charge is -2.16. The monoisotopic (exact) mass is 295 g/mol. The topological polar surface area (TPSA) is 67.2 Å². The zero-order chi connectivity index (χ0) is 16.0. The minimum atomic E-state index is -0.376. The van der Waals surface area contributed by atoms with E-state index in [-0.39, 0.29) is 17.9 Å². The number of hydrogen-bond donors (Lipinski definition) is 2. The molecule has 0 aliphatic heterocycles. The van der Waals surface area contributed by atoms with Crippen molar-refractivity contribution in [3.05, 3.63) is 17.5 Å². The van der Waals surface area contributed by atoms with Crippen molar-refractivity contribution in [3.63, 3.8) is 0 Å². The number of aliphatic hydroxyl groups excluding tert-OH is 1. The normalized spacial score (nSPS) is 13.0. The molecule has 5 heteroatoms. The van der Waals surface area contributed by atoms with E-state index >= 15 is 0 Å². The van der Waals surface area contributed by atoms with Crippen LogP contribution < -0.4 is 5.32 Å². The molecule has 1 heterocycles. The van der Waals surface area contributed by atoms with Gasteiger partial charge in [-0.15, -0.1) is 0 Å². The lowest BCUT2D eigenvalue weighted by atomic mass is 10.0. The van der Waals surface area contributed by atoms with Crippen LogP contribution >= 0.6 is 0 Å². The molecule has 120 valence electrons. The van der Waals surface area contributed by atoms with Crippen molar-refractivity contribution in [2.24, 2.45) is 5.92 Å². The van der Waals surface area contributed by atoms with Crippen LogP contribution in [0, 0.1) is 12.8 Å². The van der Waals surface area contributed by atoms with Crippen LogP contribution in [0.3, 0.4) is 0 Å². The van der Waals surface area contributed by atoms with Gasteiger partial charge in [-0.25, -0.2) is 0 Å². The van der Waals surface area contributed by atoms with Gasteiger partial charge >= 0.3 is 0 Å². The van der Waals surface area contributed by atoms with Crippen molar-refractivity contribution in [1.29, 1.82) is 0 Å². The van der Waals surface area contributed by atoms with Crippen LogP contribution in [0.15, 0.2) is 6.20 Å². The van der Waals surface area contributed by atoms with E-state index < -0.39 is 0 Å². The first-order chi connectivity index (χ1) is 9.92. The first-order valence-corrected chi connectivity index (χ1v) is 7.92. The van der Waals surface area contributed by atoms with Crippen molar-refractivity contribution < 1.29 is 9.90 Å². The van der Waals surface area contributed by atoms with Crippen LogP contribution in [-0.4, -0.2) is 33.4 Å². The summed E-state index contributed by atoms with van der Waals surface area (Å²) in [5.74, 6) is 0.0990. The Morgan fingerprint density at radius 1 is 1.38 bits per heavy atom. The Labute approximate surface area is 127 Å². The van der Waals surface area contributed by atoms with Gasteiger partial charge in [0.05, 0.1) is 23.9 Å². The Morgan fingerprint density at radius 2 is 2.00 bits per heavy atom. The number of nitrogens with zero attached hydrogens (tertiary/aromatic N) is 2. The van der Waals surface area contributed by atoms with Gasteiger partial charge in [-0.3, -0.25) is 9.48 Å². The molecule has 0 saturated carbocycles. The maximum absolute atomic E-state index is 12.2. The maximum Gasteiger partial charge on any atom is 0.254 e. The SMILES string of the molecule is CCC(CC)n1ncc(C(=O)NCCC(O)C(C)C)c1C. The lowest BCUT2D eigenvalue weighted by Crippen LogP contribution is -2.29. The van der Waals surface area contributed by atoms with Gasteiger partial charge in [0.25, 0.3) is 5.91 Å². The van der Waals surface area contributed by atoms with Crippen molar-refractivity contribution >= 4 is 5.91 Å². The van der Waals surface area contributed by atoms with E-state index in [4.69, 9.17) is 0 Å². The predicted molar refractivity (Wildman–Crippen MR) is 84.4 cm³/mol. The molecule has 0 saturated heterocycles. The van der Waals surface area contributed by atoms with E-state index in [0.29, 0.717) is 24.6 Å². The molecule has 1 atom stereocenters. The lowest BCUT2D eigenvalue weighted by molar-refractivity contribution is 0.0919. The first-order valence-electron chi connectivity index (χ1n) is 7.92. The van der Waals surface area contributed by atoms with Crippen molar-refractivity contribution in [2.75, 3.05) is 6.54 Å². The number of rotatable bonds is 8. The van der Waals surface area contributed by atoms with Gasteiger partial charge in [0.15, 0.2) is 0 Å². The maximum atomic E-state index is 12.2. The van der Waals surface area contributed by atoms with Crippen LogP contribution in [0.25, 0.3) is 0 Å². The van der Waals surface area contributed by atoms with E-state index in [1.54, 1.807) is 6.20 Å². The van der Waals surface area contributed by atoms with Gasteiger partial charge in [-0.2, -0.15) is 5.10 Å². The summed E-state index contributed by atoms with van der Waals surface area (Å²) in [6.07, 6.45) is 3.84. The van der Waals surface area contributed by atoms with E-state index in [1.165, 1.54) is 0 Å². The Balaban J connectivity index is 2.63. The van der Waals surface area contributed by atoms with E-state index in [0.717, 1.165) is 18.5 Å². The second-order valence-corrected chi connectivity index (χ2v) is 5.91. The number of carbonyl (C=O) groups is 1. The van der Waals surface area contributed by atoms with Crippen LogP contribution in [-0.2, 0) is 0 Å². The quantitative estimate of drug-likeness (QED) is 0.775. The molecule has 0 aliphatic carbocycles. The Morgan fingerprint density at radius 3 is 2.52 bits per heavy atom. The third-order valence-electron chi connectivity index (χ3n) is 4.07. The summed E-state index contributed by atoms with van der Waals surface area (Å²) in [6.45, 7) is 10.6. The van der Waals surface area contributed by atoms with E-state index in [9.17, 15) is 9.90 Å². The number of carbonyl (C=O) groups excluding carboxylic acids is 1. The molecular weight excluding hydrogens is 266 g/mol. The van der Waals surface area contributed by atoms with E-state index in [2.05, 4.69) is 24.3 Å². The molecule has 1 aromatic heterocycles. The van der Waals surface area contributed by atoms with Crippen LogP contribution in [0.1, 0.15) is 69.1 Å². The van der Waals surface area contributed by atoms with Crippen molar-refractivity contribution in [2.45, 2.75) is 66.0 Å². The molecule has 0 aliphatic rings. The summed E-state index contributed by atoms with van der Waals surface area (Å²) in [4.78, 5) is 12.2. The van der Waals surface area contributed by atoms with Gasteiger partial charge in [0.2, 0.25) is 0 Å². The number of nitrogens with one attached hydrogen (secondary N) is 1. The van der Waals surface area contributed by atoms with E-state index in [1.807, 2.05) is 25.5 Å². The molecule has 0 fully saturated rings. The molecule has 0 radical (unpaired) electrons. The minimum absolute atomic E-state index is 0.110. The molecule has 0 spiro atoms. The summed E-state index contributed by atoms with van der Waals surface area (Å²) in [6, 6.07) is 0.342. The van der Waals surface area contributed by atoms with Gasteiger partial charge < -0.3 is 10.4 Å². The van der Waals surface area contributed by atoms with Crippen LogP contribution in [0.4, 0.5) is 0 Å². The fraction of sp³-hybridized carbons (Fsp3) is 0.750. The average Bonchev–Trinajstić information content (AvgIpc) is 2.82. The highest BCUT2D eigenvalue weighted by atomic mass is 16.3. The van der Waals surface area contributed by atoms with Gasteiger partial charge in [0, 0.05) is 12.2 Å². The second-order valence-electron chi connectivity index (χ2n) is 5.91.